The van der Waals surface area contributed by atoms with Gasteiger partial charge in [-0.1, -0.05) is 30.4 Å². The van der Waals surface area contributed by atoms with Crippen LogP contribution < -0.4 is 4.90 Å². The number of benzene rings is 1. The zero-order valence-electron chi connectivity index (χ0n) is 9.76. The molecule has 0 aliphatic rings. The van der Waals surface area contributed by atoms with Gasteiger partial charge in [0.05, 0.1) is 12.9 Å². The molecule has 0 saturated heterocycles. The average molecular weight is 214 g/mol. The minimum atomic E-state index is 0.638. The molecule has 2 nitrogen and oxygen atoms in total. The number of nitrogens with zero attached hydrogens (tertiary/aromatic N) is 2. The second kappa shape index (κ2) is 6.62. The number of anilines is 1. The first-order valence-corrected chi connectivity index (χ1v) is 5.33. The van der Waals surface area contributed by atoms with Crippen molar-refractivity contribution in [2.75, 3.05) is 18.0 Å². The molecule has 1 aromatic carbocycles. The molecule has 0 unspecified atom stereocenters. The minimum absolute atomic E-state index is 0.638. The number of rotatable bonds is 6. The summed E-state index contributed by atoms with van der Waals surface area (Å²) in [5.41, 5.74) is 2.39. The SMILES string of the molecule is C=CCN=CN(CC=C)c1ccccc1C. The normalized spacial score (nSPS) is 10.3. The maximum absolute atomic E-state index is 4.26. The van der Waals surface area contributed by atoms with E-state index in [1.165, 1.54) is 5.56 Å². The molecule has 16 heavy (non-hydrogen) atoms. The van der Waals surface area contributed by atoms with E-state index in [4.69, 9.17) is 0 Å². The minimum Gasteiger partial charge on any atom is -0.329 e. The quantitative estimate of drug-likeness (QED) is 0.403. The Hall–Kier alpha value is -1.83. The predicted molar refractivity (Wildman–Crippen MR) is 72.3 cm³/mol. The van der Waals surface area contributed by atoms with Gasteiger partial charge in [-0.15, -0.1) is 13.2 Å². The van der Waals surface area contributed by atoms with Gasteiger partial charge in [0.1, 0.15) is 0 Å². The van der Waals surface area contributed by atoms with Crippen molar-refractivity contribution in [3.05, 3.63) is 55.1 Å². The van der Waals surface area contributed by atoms with Gasteiger partial charge >= 0.3 is 0 Å². The number of aryl methyl sites for hydroxylation is 1. The van der Waals surface area contributed by atoms with E-state index in [9.17, 15) is 0 Å². The lowest BCUT2D eigenvalue weighted by Gasteiger charge is -2.19. The Balaban J connectivity index is 2.88. The molecule has 0 N–H and O–H groups in total. The van der Waals surface area contributed by atoms with Gasteiger partial charge in [-0.05, 0) is 18.6 Å². The summed E-state index contributed by atoms with van der Waals surface area (Å²) in [5.74, 6) is 0. The van der Waals surface area contributed by atoms with Gasteiger partial charge in [-0.2, -0.15) is 0 Å². The summed E-state index contributed by atoms with van der Waals surface area (Å²) < 4.78 is 0. The lowest BCUT2D eigenvalue weighted by molar-refractivity contribution is 1.12. The van der Waals surface area contributed by atoms with Crippen molar-refractivity contribution in [2.24, 2.45) is 4.99 Å². The molecule has 0 amide bonds. The molecular weight excluding hydrogens is 196 g/mol. The molecule has 1 aromatic rings. The largest absolute Gasteiger partial charge is 0.329 e. The summed E-state index contributed by atoms with van der Waals surface area (Å²) in [6.45, 7) is 10.9. The van der Waals surface area contributed by atoms with E-state index in [-0.39, 0.29) is 0 Å². The summed E-state index contributed by atoms with van der Waals surface area (Å²) in [6.07, 6.45) is 5.48. The fourth-order valence-corrected chi connectivity index (χ4v) is 1.45. The van der Waals surface area contributed by atoms with Crippen LogP contribution in [-0.2, 0) is 0 Å². The van der Waals surface area contributed by atoms with Gasteiger partial charge < -0.3 is 4.90 Å². The van der Waals surface area contributed by atoms with Crippen molar-refractivity contribution in [2.45, 2.75) is 6.92 Å². The van der Waals surface area contributed by atoms with E-state index >= 15 is 0 Å². The van der Waals surface area contributed by atoms with Gasteiger partial charge in [-0.3, -0.25) is 4.99 Å². The third kappa shape index (κ3) is 3.39. The van der Waals surface area contributed by atoms with E-state index in [0.717, 1.165) is 12.2 Å². The fourth-order valence-electron chi connectivity index (χ4n) is 1.45. The number of hydrogen-bond acceptors (Lipinski definition) is 1. The highest BCUT2D eigenvalue weighted by Gasteiger charge is 2.03. The maximum atomic E-state index is 4.26. The van der Waals surface area contributed by atoms with Crippen LogP contribution in [-0.4, -0.2) is 19.4 Å². The van der Waals surface area contributed by atoms with Crippen LogP contribution in [0, 0.1) is 6.92 Å². The molecular formula is C14H18N2. The zero-order valence-corrected chi connectivity index (χ0v) is 9.76. The molecule has 0 aliphatic heterocycles. The predicted octanol–water partition coefficient (Wildman–Crippen LogP) is 3.20. The molecule has 2 heteroatoms. The lowest BCUT2D eigenvalue weighted by atomic mass is 10.2. The van der Waals surface area contributed by atoms with E-state index in [1.807, 2.05) is 24.5 Å². The summed E-state index contributed by atoms with van der Waals surface area (Å²) >= 11 is 0. The molecule has 0 aromatic heterocycles. The Bertz CT molecular complexity index is 380. The molecule has 1 rings (SSSR count). The van der Waals surface area contributed by atoms with E-state index < -0.39 is 0 Å². The van der Waals surface area contributed by atoms with Crippen LogP contribution in [0.1, 0.15) is 5.56 Å². The summed E-state index contributed by atoms with van der Waals surface area (Å²) in [7, 11) is 0. The lowest BCUT2D eigenvalue weighted by Crippen LogP contribution is -2.22. The first kappa shape index (κ1) is 12.2. The van der Waals surface area contributed by atoms with Gasteiger partial charge in [-0.25, -0.2) is 0 Å². The molecule has 0 spiro atoms. The Kier molecular flexibility index (Phi) is 5.06. The Morgan fingerprint density at radius 2 is 2.00 bits per heavy atom. The number of hydrogen-bond donors (Lipinski definition) is 0. The molecule has 0 atom stereocenters. The van der Waals surface area contributed by atoms with E-state index in [0.29, 0.717) is 6.54 Å². The smallest absolute Gasteiger partial charge is 0.0901 e. The number of aliphatic imine (C=N–C) groups is 1. The third-order valence-corrected chi connectivity index (χ3v) is 2.21. The highest BCUT2D eigenvalue weighted by molar-refractivity contribution is 5.80. The molecule has 84 valence electrons. The van der Waals surface area contributed by atoms with Crippen molar-refractivity contribution in [3.63, 3.8) is 0 Å². The van der Waals surface area contributed by atoms with Crippen molar-refractivity contribution < 1.29 is 0 Å². The highest BCUT2D eigenvalue weighted by Crippen LogP contribution is 2.17. The second-order valence-corrected chi connectivity index (χ2v) is 3.50. The first-order valence-electron chi connectivity index (χ1n) is 5.33. The number of para-hydroxylation sites is 1. The van der Waals surface area contributed by atoms with E-state index in [1.54, 1.807) is 6.08 Å². The monoisotopic (exact) mass is 214 g/mol. The molecule has 0 bridgehead atoms. The molecule has 0 aliphatic carbocycles. The van der Waals surface area contributed by atoms with Gasteiger partial charge in [0.25, 0.3) is 0 Å². The first-order chi connectivity index (χ1) is 7.79. The highest BCUT2D eigenvalue weighted by atomic mass is 15.1. The van der Waals surface area contributed by atoms with Crippen LogP contribution in [0.15, 0.2) is 54.6 Å². The molecule has 0 heterocycles. The average Bonchev–Trinajstić information content (AvgIpc) is 2.29. The molecule has 0 saturated carbocycles. The van der Waals surface area contributed by atoms with Gasteiger partial charge in [0.15, 0.2) is 0 Å². The maximum Gasteiger partial charge on any atom is 0.0901 e. The van der Waals surface area contributed by atoms with Crippen molar-refractivity contribution in [3.8, 4) is 0 Å². The summed E-state index contributed by atoms with van der Waals surface area (Å²) in [4.78, 5) is 6.34. The van der Waals surface area contributed by atoms with Crippen molar-refractivity contribution in [1.82, 2.24) is 0 Å². The molecule has 0 radical (unpaired) electrons. The standard InChI is InChI=1S/C14H18N2/c1-4-10-15-12-16(11-5-2)14-9-7-6-8-13(14)3/h4-9,12H,1-2,10-11H2,3H3. The van der Waals surface area contributed by atoms with Crippen LogP contribution >= 0.6 is 0 Å². The zero-order chi connectivity index (χ0) is 11.8. The Morgan fingerprint density at radius 1 is 1.25 bits per heavy atom. The van der Waals surface area contributed by atoms with Gasteiger partial charge in [0.2, 0.25) is 0 Å². The van der Waals surface area contributed by atoms with Gasteiger partial charge in [0, 0.05) is 12.2 Å². The van der Waals surface area contributed by atoms with Crippen LogP contribution in [0.3, 0.4) is 0 Å². The van der Waals surface area contributed by atoms with Crippen molar-refractivity contribution in [1.29, 1.82) is 0 Å². The Labute approximate surface area is 97.6 Å². The third-order valence-electron chi connectivity index (χ3n) is 2.21. The summed E-state index contributed by atoms with van der Waals surface area (Å²) in [6, 6.07) is 8.23. The summed E-state index contributed by atoms with van der Waals surface area (Å²) in [5, 5.41) is 0. The van der Waals surface area contributed by atoms with Crippen molar-refractivity contribution >= 4 is 12.0 Å². The fraction of sp³-hybridized carbons (Fsp3) is 0.214. The van der Waals surface area contributed by atoms with Crippen LogP contribution in [0.4, 0.5) is 5.69 Å². The Morgan fingerprint density at radius 3 is 2.62 bits per heavy atom. The molecule has 0 fully saturated rings. The van der Waals surface area contributed by atoms with Crippen LogP contribution in [0.5, 0.6) is 0 Å². The van der Waals surface area contributed by atoms with Crippen LogP contribution in [0.25, 0.3) is 0 Å². The topological polar surface area (TPSA) is 15.6 Å². The van der Waals surface area contributed by atoms with Crippen LogP contribution in [0.2, 0.25) is 0 Å². The van der Waals surface area contributed by atoms with E-state index in [2.05, 4.69) is 42.1 Å². The second-order valence-electron chi connectivity index (χ2n) is 3.50.